The highest BCUT2D eigenvalue weighted by Crippen LogP contribution is 2.28. The van der Waals surface area contributed by atoms with Crippen molar-refractivity contribution in [2.24, 2.45) is 0 Å². The molecule has 7 heteroatoms. The summed E-state index contributed by atoms with van der Waals surface area (Å²) < 4.78 is 3.96. The quantitative estimate of drug-likeness (QED) is 0.769. The van der Waals surface area contributed by atoms with Crippen LogP contribution in [0.3, 0.4) is 0 Å². The van der Waals surface area contributed by atoms with Gasteiger partial charge < -0.3 is 5.32 Å². The number of rotatable bonds is 4. The number of anilines is 1. The predicted octanol–water partition coefficient (Wildman–Crippen LogP) is 4.40. The SMILES string of the molecule is N#Cc1c(Cl)nsc1NCc1csc(-c2ccccc2)n1. The van der Waals surface area contributed by atoms with Crippen LogP contribution in [0.2, 0.25) is 5.15 Å². The summed E-state index contributed by atoms with van der Waals surface area (Å²) in [5, 5.41) is 16.1. The molecule has 0 bridgehead atoms. The van der Waals surface area contributed by atoms with E-state index in [1.54, 1.807) is 11.3 Å². The zero-order valence-electron chi connectivity index (χ0n) is 10.7. The number of hydrogen-bond donors (Lipinski definition) is 1. The highest BCUT2D eigenvalue weighted by molar-refractivity contribution is 7.13. The number of aromatic nitrogens is 2. The molecule has 3 rings (SSSR count). The summed E-state index contributed by atoms with van der Waals surface area (Å²) in [5.74, 6) is 0. The van der Waals surface area contributed by atoms with Gasteiger partial charge in [0.2, 0.25) is 0 Å². The second-order valence-corrected chi connectivity index (χ2v) is 6.14. The van der Waals surface area contributed by atoms with E-state index in [9.17, 15) is 0 Å². The van der Waals surface area contributed by atoms with Crippen LogP contribution in [0.5, 0.6) is 0 Å². The van der Waals surface area contributed by atoms with Crippen LogP contribution >= 0.6 is 34.5 Å². The van der Waals surface area contributed by atoms with Gasteiger partial charge in [0.1, 0.15) is 21.6 Å². The van der Waals surface area contributed by atoms with Gasteiger partial charge in [0.15, 0.2) is 5.15 Å². The van der Waals surface area contributed by atoms with Crippen LogP contribution in [0.25, 0.3) is 10.6 Å². The van der Waals surface area contributed by atoms with Crippen molar-refractivity contribution >= 4 is 39.5 Å². The molecule has 0 aliphatic heterocycles. The molecule has 0 radical (unpaired) electrons. The number of nitriles is 1. The Balaban J connectivity index is 1.72. The summed E-state index contributed by atoms with van der Waals surface area (Å²) in [5.41, 5.74) is 2.42. The number of nitrogens with zero attached hydrogens (tertiary/aromatic N) is 3. The van der Waals surface area contributed by atoms with E-state index in [0.29, 0.717) is 17.1 Å². The molecule has 0 saturated heterocycles. The molecule has 0 amide bonds. The molecule has 2 aromatic heterocycles. The maximum absolute atomic E-state index is 9.02. The van der Waals surface area contributed by atoms with Gasteiger partial charge in [-0.05, 0) is 11.5 Å². The normalized spacial score (nSPS) is 10.3. The van der Waals surface area contributed by atoms with Crippen LogP contribution in [0.1, 0.15) is 11.3 Å². The molecule has 0 atom stereocenters. The van der Waals surface area contributed by atoms with Gasteiger partial charge in [-0.15, -0.1) is 11.3 Å². The second-order valence-electron chi connectivity index (χ2n) is 4.15. The summed E-state index contributed by atoms with van der Waals surface area (Å²) in [7, 11) is 0. The van der Waals surface area contributed by atoms with Crippen molar-refractivity contribution in [1.82, 2.24) is 9.36 Å². The lowest BCUT2D eigenvalue weighted by Gasteiger charge is -2.00. The van der Waals surface area contributed by atoms with Crippen molar-refractivity contribution in [3.8, 4) is 16.6 Å². The molecule has 0 aliphatic carbocycles. The van der Waals surface area contributed by atoms with Gasteiger partial charge in [0.25, 0.3) is 0 Å². The summed E-state index contributed by atoms with van der Waals surface area (Å²) in [4.78, 5) is 4.58. The third kappa shape index (κ3) is 3.05. The third-order valence-corrected chi connectivity index (χ3v) is 4.88. The molecule has 0 fully saturated rings. The van der Waals surface area contributed by atoms with Crippen molar-refractivity contribution in [3.63, 3.8) is 0 Å². The Bertz CT molecular complexity index is 789. The molecule has 104 valence electrons. The van der Waals surface area contributed by atoms with E-state index >= 15 is 0 Å². The summed E-state index contributed by atoms with van der Waals surface area (Å²) >= 11 is 8.62. The van der Waals surface area contributed by atoms with Crippen LogP contribution < -0.4 is 5.32 Å². The standard InChI is InChI=1S/C14H9ClN4S2/c15-12-11(6-16)14(21-19-12)17-7-10-8-20-13(18-10)9-4-2-1-3-5-9/h1-5,8,17H,7H2. The molecule has 0 saturated carbocycles. The molecule has 4 nitrogen and oxygen atoms in total. The molecule has 0 spiro atoms. The molecule has 1 aromatic carbocycles. The second kappa shape index (κ2) is 6.22. The number of benzene rings is 1. The smallest absolute Gasteiger partial charge is 0.162 e. The molecule has 2 heterocycles. The fourth-order valence-corrected chi connectivity index (χ4v) is 3.52. The molecule has 0 unspecified atom stereocenters. The molecule has 3 aromatic rings. The van der Waals surface area contributed by atoms with Gasteiger partial charge in [-0.2, -0.15) is 9.64 Å². The van der Waals surface area contributed by atoms with Crippen LogP contribution in [0.4, 0.5) is 5.00 Å². The van der Waals surface area contributed by atoms with E-state index in [2.05, 4.69) is 14.7 Å². The van der Waals surface area contributed by atoms with E-state index in [-0.39, 0.29) is 5.15 Å². The average Bonchev–Trinajstić information content (AvgIpc) is 3.12. The van der Waals surface area contributed by atoms with Gasteiger partial charge in [-0.3, -0.25) is 0 Å². The van der Waals surface area contributed by atoms with Gasteiger partial charge in [0, 0.05) is 10.9 Å². The predicted molar refractivity (Wildman–Crippen MR) is 86.7 cm³/mol. The Morgan fingerprint density at radius 3 is 2.86 bits per heavy atom. The van der Waals surface area contributed by atoms with Crippen LogP contribution in [0, 0.1) is 11.3 Å². The first-order chi connectivity index (χ1) is 10.3. The minimum atomic E-state index is 0.244. The maximum atomic E-state index is 9.02. The lowest BCUT2D eigenvalue weighted by atomic mass is 10.2. The van der Waals surface area contributed by atoms with Crippen molar-refractivity contribution in [2.45, 2.75) is 6.54 Å². The van der Waals surface area contributed by atoms with Gasteiger partial charge >= 0.3 is 0 Å². The average molecular weight is 333 g/mol. The van der Waals surface area contributed by atoms with Crippen LogP contribution in [-0.2, 0) is 6.54 Å². The van der Waals surface area contributed by atoms with Crippen LogP contribution in [0.15, 0.2) is 35.7 Å². The topological polar surface area (TPSA) is 61.6 Å². The van der Waals surface area contributed by atoms with Crippen molar-refractivity contribution < 1.29 is 0 Å². The minimum absolute atomic E-state index is 0.244. The maximum Gasteiger partial charge on any atom is 0.162 e. The number of hydrogen-bond acceptors (Lipinski definition) is 6. The van der Waals surface area contributed by atoms with Gasteiger partial charge in [-0.1, -0.05) is 41.9 Å². The molecular formula is C14H9ClN4S2. The van der Waals surface area contributed by atoms with Crippen molar-refractivity contribution in [1.29, 1.82) is 5.26 Å². The molecule has 21 heavy (non-hydrogen) atoms. The lowest BCUT2D eigenvalue weighted by molar-refractivity contribution is 1.08. The third-order valence-electron chi connectivity index (χ3n) is 2.76. The Kier molecular flexibility index (Phi) is 4.15. The summed E-state index contributed by atoms with van der Waals surface area (Å²) in [6.45, 7) is 0.538. The van der Waals surface area contributed by atoms with Gasteiger partial charge in [0.05, 0.1) is 12.2 Å². The van der Waals surface area contributed by atoms with E-state index in [0.717, 1.165) is 16.3 Å². The number of thiazole rings is 1. The molecular weight excluding hydrogens is 324 g/mol. The van der Waals surface area contributed by atoms with E-state index < -0.39 is 0 Å². The minimum Gasteiger partial charge on any atom is -0.369 e. The number of halogens is 1. The highest BCUT2D eigenvalue weighted by Gasteiger charge is 2.12. The largest absolute Gasteiger partial charge is 0.369 e. The molecule has 0 aliphatic rings. The summed E-state index contributed by atoms with van der Waals surface area (Å²) in [6.07, 6.45) is 0. The first-order valence-corrected chi connectivity index (χ1v) is 8.10. The Morgan fingerprint density at radius 2 is 2.10 bits per heavy atom. The fraction of sp³-hybridized carbons (Fsp3) is 0.0714. The number of nitrogens with one attached hydrogen (secondary N) is 1. The monoisotopic (exact) mass is 332 g/mol. The van der Waals surface area contributed by atoms with E-state index in [1.807, 2.05) is 41.8 Å². The zero-order valence-corrected chi connectivity index (χ0v) is 13.1. The fourth-order valence-electron chi connectivity index (χ4n) is 1.76. The van der Waals surface area contributed by atoms with E-state index in [1.165, 1.54) is 11.5 Å². The Morgan fingerprint density at radius 1 is 1.29 bits per heavy atom. The van der Waals surface area contributed by atoms with Crippen molar-refractivity contribution in [3.05, 3.63) is 52.1 Å². The highest BCUT2D eigenvalue weighted by atomic mass is 35.5. The van der Waals surface area contributed by atoms with Crippen molar-refractivity contribution in [2.75, 3.05) is 5.32 Å². The van der Waals surface area contributed by atoms with Gasteiger partial charge in [-0.25, -0.2) is 4.98 Å². The first-order valence-electron chi connectivity index (χ1n) is 6.07. The lowest BCUT2D eigenvalue weighted by Crippen LogP contribution is -1.99. The van der Waals surface area contributed by atoms with Crippen LogP contribution in [-0.4, -0.2) is 9.36 Å². The van der Waals surface area contributed by atoms with E-state index in [4.69, 9.17) is 16.9 Å². The first kappa shape index (κ1) is 14.0. The Labute approximate surface area is 134 Å². The Hall–Kier alpha value is -1.94. The molecule has 1 N–H and O–H groups in total. The zero-order chi connectivity index (χ0) is 14.7. The summed E-state index contributed by atoms with van der Waals surface area (Å²) in [6, 6.07) is 12.1.